The van der Waals surface area contributed by atoms with Gasteiger partial charge in [-0.3, -0.25) is 20.2 Å². The van der Waals surface area contributed by atoms with E-state index in [0.29, 0.717) is 11.4 Å². The highest BCUT2D eigenvalue weighted by Crippen LogP contribution is 2.33. The van der Waals surface area contributed by atoms with Crippen molar-refractivity contribution in [2.75, 3.05) is 6.73 Å². The molecule has 0 unspecified atom stereocenters. The molecule has 0 spiro atoms. The first-order valence-electron chi connectivity index (χ1n) is 7.70. The van der Waals surface area contributed by atoms with Gasteiger partial charge in [0.15, 0.2) is 0 Å². The molecule has 0 aliphatic rings. The van der Waals surface area contributed by atoms with Gasteiger partial charge >= 0.3 is 0 Å². The quantitative estimate of drug-likeness (QED) is 0.434. The van der Waals surface area contributed by atoms with Crippen molar-refractivity contribution in [1.29, 1.82) is 0 Å². The van der Waals surface area contributed by atoms with Gasteiger partial charge in [0.1, 0.15) is 23.8 Å². The molecule has 3 heterocycles. The van der Waals surface area contributed by atoms with E-state index in [-0.39, 0.29) is 6.73 Å². The monoisotopic (exact) mass is 332 g/mol. The maximum atomic E-state index is 5.44. The molecule has 7 heteroatoms. The zero-order valence-electron chi connectivity index (χ0n) is 13.4. The molecule has 4 aromatic rings. The average molecular weight is 332 g/mol. The SMILES string of the molecule is C=Nc1cc(-c2ccc3ncc(-c4cn[nH]c4)n3c2)ccc1OCN. The number of aromatic nitrogens is 4. The first kappa shape index (κ1) is 15.1. The molecule has 0 saturated carbocycles. The summed E-state index contributed by atoms with van der Waals surface area (Å²) in [7, 11) is 0. The minimum absolute atomic E-state index is 0.0942. The van der Waals surface area contributed by atoms with Gasteiger partial charge in [0.25, 0.3) is 0 Å². The lowest BCUT2D eigenvalue weighted by Gasteiger charge is -2.09. The molecule has 0 radical (unpaired) electrons. The second-order valence-electron chi connectivity index (χ2n) is 5.43. The number of benzene rings is 1. The van der Waals surface area contributed by atoms with E-state index in [9.17, 15) is 0 Å². The number of fused-ring (bicyclic) bond motifs is 1. The summed E-state index contributed by atoms with van der Waals surface area (Å²) in [6, 6.07) is 9.74. The first-order chi connectivity index (χ1) is 12.3. The molecule has 0 aliphatic heterocycles. The molecule has 0 aliphatic carbocycles. The number of aromatic amines is 1. The van der Waals surface area contributed by atoms with Crippen molar-refractivity contribution in [2.45, 2.75) is 0 Å². The number of ether oxygens (including phenoxy) is 1. The Kier molecular flexibility index (Phi) is 3.75. The summed E-state index contributed by atoms with van der Waals surface area (Å²) in [6.45, 7) is 3.70. The van der Waals surface area contributed by atoms with Gasteiger partial charge in [-0.25, -0.2) is 4.98 Å². The Balaban J connectivity index is 1.82. The fourth-order valence-electron chi connectivity index (χ4n) is 2.79. The van der Waals surface area contributed by atoms with Gasteiger partial charge in [-0.1, -0.05) is 6.07 Å². The van der Waals surface area contributed by atoms with Crippen molar-refractivity contribution in [3.8, 4) is 28.1 Å². The standard InChI is InChI=1S/C18H16N6O/c1-20-15-6-12(2-4-17(15)25-11-19)13-3-5-18-21-9-16(24(18)10-13)14-7-22-23-8-14/h2-10H,1,11,19H2,(H,22,23). The summed E-state index contributed by atoms with van der Waals surface area (Å²) in [6.07, 6.45) is 7.48. The van der Waals surface area contributed by atoms with Gasteiger partial charge in [0.05, 0.1) is 18.1 Å². The van der Waals surface area contributed by atoms with Crippen LogP contribution in [0.3, 0.4) is 0 Å². The third-order valence-corrected chi connectivity index (χ3v) is 4.00. The molecule has 0 saturated heterocycles. The first-order valence-corrected chi connectivity index (χ1v) is 7.70. The van der Waals surface area contributed by atoms with Crippen LogP contribution in [0.4, 0.5) is 5.69 Å². The summed E-state index contributed by atoms with van der Waals surface area (Å²) in [5.74, 6) is 0.615. The van der Waals surface area contributed by atoms with E-state index < -0.39 is 0 Å². The molecule has 0 fully saturated rings. The predicted octanol–water partition coefficient (Wildman–Crippen LogP) is 3.02. The van der Waals surface area contributed by atoms with Crippen molar-refractivity contribution in [1.82, 2.24) is 19.6 Å². The largest absolute Gasteiger partial charge is 0.476 e. The zero-order chi connectivity index (χ0) is 17.2. The third kappa shape index (κ3) is 2.66. The van der Waals surface area contributed by atoms with Gasteiger partial charge < -0.3 is 4.74 Å². The molecule has 7 nitrogen and oxygen atoms in total. The summed E-state index contributed by atoms with van der Waals surface area (Å²) < 4.78 is 7.40. The minimum atomic E-state index is 0.0942. The van der Waals surface area contributed by atoms with E-state index >= 15 is 0 Å². The van der Waals surface area contributed by atoms with Crippen molar-refractivity contribution in [3.05, 3.63) is 55.1 Å². The molecule has 0 amide bonds. The van der Waals surface area contributed by atoms with Crippen molar-refractivity contribution >= 4 is 18.1 Å². The van der Waals surface area contributed by atoms with Crippen LogP contribution in [0.5, 0.6) is 5.75 Å². The summed E-state index contributed by atoms with van der Waals surface area (Å²) in [4.78, 5) is 8.46. The van der Waals surface area contributed by atoms with Crippen LogP contribution in [0.15, 0.2) is 60.1 Å². The van der Waals surface area contributed by atoms with Gasteiger partial charge in [0.2, 0.25) is 0 Å². The Labute approximate surface area is 143 Å². The highest BCUT2D eigenvalue weighted by molar-refractivity contribution is 5.73. The van der Waals surface area contributed by atoms with Gasteiger partial charge in [0, 0.05) is 18.0 Å². The number of H-pyrrole nitrogens is 1. The van der Waals surface area contributed by atoms with Crippen LogP contribution in [-0.2, 0) is 0 Å². The summed E-state index contributed by atoms with van der Waals surface area (Å²) in [5.41, 5.74) is 10.9. The number of nitrogens with two attached hydrogens (primary N) is 1. The van der Waals surface area contributed by atoms with E-state index in [4.69, 9.17) is 10.5 Å². The number of pyridine rings is 1. The number of hydrogen-bond donors (Lipinski definition) is 2. The van der Waals surface area contributed by atoms with Crippen molar-refractivity contribution in [3.63, 3.8) is 0 Å². The Morgan fingerprint density at radius 2 is 2.04 bits per heavy atom. The molecule has 124 valence electrons. The molecular weight excluding hydrogens is 316 g/mol. The Hall–Kier alpha value is -3.45. The van der Waals surface area contributed by atoms with E-state index in [0.717, 1.165) is 28.0 Å². The molecule has 4 rings (SSSR count). The van der Waals surface area contributed by atoms with Crippen LogP contribution >= 0.6 is 0 Å². The van der Waals surface area contributed by atoms with Crippen LogP contribution in [0.2, 0.25) is 0 Å². The van der Waals surface area contributed by atoms with Crippen molar-refractivity contribution in [2.24, 2.45) is 10.7 Å². The van der Waals surface area contributed by atoms with E-state index in [1.165, 1.54) is 0 Å². The second kappa shape index (κ2) is 6.21. The lowest BCUT2D eigenvalue weighted by atomic mass is 10.1. The maximum Gasteiger partial charge on any atom is 0.146 e. The second-order valence-corrected chi connectivity index (χ2v) is 5.43. The predicted molar refractivity (Wildman–Crippen MR) is 97.1 cm³/mol. The topological polar surface area (TPSA) is 93.6 Å². The van der Waals surface area contributed by atoms with E-state index in [2.05, 4.69) is 26.9 Å². The number of nitrogens with zero attached hydrogens (tertiary/aromatic N) is 4. The Morgan fingerprint density at radius 3 is 2.80 bits per heavy atom. The number of nitrogens with one attached hydrogen (secondary N) is 1. The fourth-order valence-corrected chi connectivity index (χ4v) is 2.79. The zero-order valence-corrected chi connectivity index (χ0v) is 13.4. The van der Waals surface area contributed by atoms with Crippen LogP contribution in [0, 0.1) is 0 Å². The fraction of sp³-hybridized carbons (Fsp3) is 0.0556. The number of imidazole rings is 1. The Bertz CT molecular complexity index is 1040. The van der Waals surface area contributed by atoms with Crippen LogP contribution in [0.1, 0.15) is 0 Å². The molecule has 0 atom stereocenters. The molecular formula is C18H16N6O. The summed E-state index contributed by atoms with van der Waals surface area (Å²) >= 11 is 0. The third-order valence-electron chi connectivity index (χ3n) is 4.00. The van der Waals surface area contributed by atoms with Crippen LogP contribution in [0.25, 0.3) is 28.0 Å². The minimum Gasteiger partial charge on any atom is -0.476 e. The van der Waals surface area contributed by atoms with Gasteiger partial charge in [-0.15, -0.1) is 0 Å². The molecule has 3 N–H and O–H groups in total. The molecule has 25 heavy (non-hydrogen) atoms. The maximum absolute atomic E-state index is 5.44. The highest BCUT2D eigenvalue weighted by Gasteiger charge is 2.10. The number of aliphatic imine (C=N–C) groups is 1. The average Bonchev–Trinajstić information content (AvgIpc) is 3.31. The lowest BCUT2D eigenvalue weighted by Crippen LogP contribution is -2.07. The lowest BCUT2D eigenvalue weighted by molar-refractivity contribution is 0.331. The van der Waals surface area contributed by atoms with E-state index in [1.807, 2.05) is 53.3 Å². The highest BCUT2D eigenvalue weighted by atomic mass is 16.5. The van der Waals surface area contributed by atoms with Crippen molar-refractivity contribution < 1.29 is 4.74 Å². The van der Waals surface area contributed by atoms with E-state index in [1.54, 1.807) is 6.20 Å². The molecule has 0 bridgehead atoms. The Morgan fingerprint density at radius 1 is 1.16 bits per heavy atom. The van der Waals surface area contributed by atoms with Crippen LogP contribution in [-0.4, -0.2) is 33.0 Å². The van der Waals surface area contributed by atoms with Gasteiger partial charge in [-0.2, -0.15) is 5.10 Å². The normalized spacial score (nSPS) is 10.9. The summed E-state index contributed by atoms with van der Waals surface area (Å²) in [5, 5.41) is 6.83. The van der Waals surface area contributed by atoms with Crippen LogP contribution < -0.4 is 10.5 Å². The van der Waals surface area contributed by atoms with Gasteiger partial charge in [-0.05, 0) is 42.1 Å². The number of hydrogen-bond acceptors (Lipinski definition) is 5. The molecule has 1 aromatic carbocycles. The number of rotatable bonds is 5. The smallest absolute Gasteiger partial charge is 0.146 e. The molecule has 3 aromatic heterocycles.